The van der Waals surface area contributed by atoms with Crippen molar-refractivity contribution >= 4 is 18.7 Å². The molecule has 4 nitrogen and oxygen atoms in total. The van der Waals surface area contributed by atoms with Crippen molar-refractivity contribution in [1.82, 2.24) is 5.06 Å². The third kappa shape index (κ3) is 3.58. The van der Waals surface area contributed by atoms with E-state index >= 15 is 0 Å². The van der Waals surface area contributed by atoms with Crippen molar-refractivity contribution in [3.63, 3.8) is 0 Å². The summed E-state index contributed by atoms with van der Waals surface area (Å²) >= 11 is 3.90. The summed E-state index contributed by atoms with van der Waals surface area (Å²) in [6.07, 6.45) is -0.0869. The predicted octanol–water partition coefficient (Wildman–Crippen LogP) is 0.764. The maximum Gasteiger partial charge on any atom is 0.433 e. The molecule has 0 radical (unpaired) electrons. The minimum absolute atomic E-state index is 0.260. The van der Waals surface area contributed by atoms with Crippen LogP contribution in [0.2, 0.25) is 0 Å². The summed E-state index contributed by atoms with van der Waals surface area (Å²) in [5, 5.41) is 9.30. The molecule has 5 heteroatoms. The first kappa shape index (κ1) is 9.58. The van der Waals surface area contributed by atoms with E-state index in [0.29, 0.717) is 17.2 Å². The van der Waals surface area contributed by atoms with Crippen LogP contribution >= 0.6 is 12.6 Å². The van der Waals surface area contributed by atoms with Gasteiger partial charge in [0.05, 0.1) is 13.7 Å². The lowest BCUT2D eigenvalue weighted by molar-refractivity contribution is -0.0685. The quantitative estimate of drug-likeness (QED) is 0.369. The number of carbonyl (C=O) groups excluding carboxylic acids is 1. The van der Waals surface area contributed by atoms with Crippen LogP contribution in [0.15, 0.2) is 0 Å². The minimum Gasteiger partial charge on any atom is -0.451 e. The summed E-state index contributed by atoms with van der Waals surface area (Å²) in [5.41, 5.74) is 0. The van der Waals surface area contributed by atoms with Crippen molar-refractivity contribution in [3.05, 3.63) is 0 Å². The van der Waals surface area contributed by atoms with E-state index in [0.717, 1.165) is 0 Å². The molecule has 0 atom stereocenters. The molecule has 0 aliphatic carbocycles. The van der Waals surface area contributed by atoms with Gasteiger partial charge in [0.15, 0.2) is 0 Å². The summed E-state index contributed by atoms with van der Waals surface area (Å²) < 4.78 is 4.22. The van der Waals surface area contributed by atoms with Crippen LogP contribution in [0.3, 0.4) is 0 Å². The highest BCUT2D eigenvalue weighted by atomic mass is 32.1. The maximum atomic E-state index is 10.4. The Bertz CT molecular complexity index is 109. The molecule has 0 rings (SSSR count). The second-order valence-electron chi connectivity index (χ2n) is 1.67. The Labute approximate surface area is 65.1 Å². The molecule has 60 valence electrons. The van der Waals surface area contributed by atoms with Gasteiger partial charge in [-0.2, -0.15) is 17.7 Å². The molecule has 0 aromatic carbocycles. The topological polar surface area (TPSA) is 49.8 Å². The lowest BCUT2D eigenvalue weighted by Gasteiger charge is -2.11. The summed E-state index contributed by atoms with van der Waals surface area (Å²) in [4.78, 5) is 10.4. The van der Waals surface area contributed by atoms with Crippen molar-refractivity contribution in [2.75, 3.05) is 19.4 Å². The highest BCUT2D eigenvalue weighted by Crippen LogP contribution is 1.91. The molecule has 0 spiro atoms. The van der Waals surface area contributed by atoms with Gasteiger partial charge in [-0.25, -0.2) is 4.79 Å². The number of hydrogen-bond acceptors (Lipinski definition) is 4. The van der Waals surface area contributed by atoms with Crippen LogP contribution < -0.4 is 0 Å². The normalized spacial score (nSPS) is 9.10. The minimum atomic E-state index is -0.734. The van der Waals surface area contributed by atoms with E-state index in [1.165, 1.54) is 7.11 Å². The van der Waals surface area contributed by atoms with Gasteiger partial charge in [0.2, 0.25) is 0 Å². The summed E-state index contributed by atoms with van der Waals surface area (Å²) in [7, 11) is 1.21. The summed E-state index contributed by atoms with van der Waals surface area (Å²) in [6.45, 7) is 0.260. The molecule has 0 aliphatic rings. The van der Waals surface area contributed by atoms with Gasteiger partial charge in [0.1, 0.15) is 0 Å². The lowest BCUT2D eigenvalue weighted by Crippen LogP contribution is -2.28. The molecule has 0 aliphatic heterocycles. The molecule has 0 fully saturated rings. The van der Waals surface area contributed by atoms with Crippen LogP contribution in [0.1, 0.15) is 6.42 Å². The van der Waals surface area contributed by atoms with E-state index in [2.05, 4.69) is 17.4 Å². The van der Waals surface area contributed by atoms with Crippen LogP contribution in [0, 0.1) is 0 Å². The highest BCUT2D eigenvalue weighted by Gasteiger charge is 2.07. The van der Waals surface area contributed by atoms with Gasteiger partial charge in [-0.1, -0.05) is 0 Å². The van der Waals surface area contributed by atoms with Gasteiger partial charge >= 0.3 is 6.09 Å². The number of hydrogen-bond donors (Lipinski definition) is 2. The molecule has 1 N–H and O–H groups in total. The first-order chi connectivity index (χ1) is 4.72. The Kier molecular flexibility index (Phi) is 5.15. The van der Waals surface area contributed by atoms with Crippen molar-refractivity contribution in [2.45, 2.75) is 6.42 Å². The zero-order valence-corrected chi connectivity index (χ0v) is 6.67. The van der Waals surface area contributed by atoms with Crippen LogP contribution in [0.25, 0.3) is 0 Å². The standard InChI is InChI=1S/C5H11NO3S/c1-9-5(7)6(8)3-2-4-10/h8,10H,2-4H2,1H3. The fourth-order valence-electron chi connectivity index (χ4n) is 0.417. The fraction of sp³-hybridized carbons (Fsp3) is 0.800. The Hall–Kier alpha value is -0.420. The number of nitrogens with zero attached hydrogens (tertiary/aromatic N) is 1. The van der Waals surface area contributed by atoms with E-state index in [9.17, 15) is 4.79 Å². The van der Waals surface area contributed by atoms with E-state index in [1.54, 1.807) is 0 Å². The number of methoxy groups -OCH3 is 1. The van der Waals surface area contributed by atoms with Crippen molar-refractivity contribution in [2.24, 2.45) is 0 Å². The van der Waals surface area contributed by atoms with Crippen molar-refractivity contribution in [1.29, 1.82) is 0 Å². The average molecular weight is 165 g/mol. The van der Waals surface area contributed by atoms with E-state index in [-0.39, 0.29) is 6.54 Å². The molecule has 0 aromatic heterocycles. The molecule has 0 saturated heterocycles. The largest absolute Gasteiger partial charge is 0.451 e. The first-order valence-corrected chi connectivity index (χ1v) is 3.51. The Balaban J connectivity index is 3.41. The van der Waals surface area contributed by atoms with Gasteiger partial charge in [0.25, 0.3) is 0 Å². The number of rotatable bonds is 3. The monoisotopic (exact) mass is 165 g/mol. The Morgan fingerprint density at radius 1 is 1.80 bits per heavy atom. The molecule has 0 aromatic rings. The van der Waals surface area contributed by atoms with E-state index in [1.807, 2.05) is 0 Å². The summed E-state index contributed by atoms with van der Waals surface area (Å²) in [6, 6.07) is 0. The maximum absolute atomic E-state index is 10.4. The number of ether oxygens (including phenoxy) is 1. The molecular formula is C5H11NO3S. The molecule has 0 bridgehead atoms. The molecule has 10 heavy (non-hydrogen) atoms. The third-order valence-corrected chi connectivity index (χ3v) is 1.23. The Morgan fingerprint density at radius 2 is 2.40 bits per heavy atom. The molecule has 0 saturated carbocycles. The van der Waals surface area contributed by atoms with Gasteiger partial charge in [-0.3, -0.25) is 5.21 Å². The highest BCUT2D eigenvalue weighted by molar-refractivity contribution is 7.80. The number of thiol groups is 1. The average Bonchev–Trinajstić information content (AvgIpc) is 1.98. The van der Waals surface area contributed by atoms with Crippen LogP contribution in [-0.2, 0) is 4.74 Å². The molecule has 0 unspecified atom stereocenters. The van der Waals surface area contributed by atoms with Gasteiger partial charge in [-0.15, -0.1) is 0 Å². The zero-order chi connectivity index (χ0) is 7.98. The number of carbonyl (C=O) groups is 1. The van der Waals surface area contributed by atoms with Gasteiger partial charge < -0.3 is 4.74 Å². The van der Waals surface area contributed by atoms with Crippen molar-refractivity contribution < 1.29 is 14.7 Å². The second-order valence-corrected chi connectivity index (χ2v) is 2.12. The lowest BCUT2D eigenvalue weighted by atomic mass is 10.5. The van der Waals surface area contributed by atoms with Crippen molar-refractivity contribution in [3.8, 4) is 0 Å². The molecular weight excluding hydrogens is 154 g/mol. The summed E-state index contributed by atoms with van der Waals surface area (Å²) in [5.74, 6) is 0.633. The Morgan fingerprint density at radius 3 is 2.80 bits per heavy atom. The third-order valence-electron chi connectivity index (χ3n) is 0.913. The predicted molar refractivity (Wildman–Crippen MR) is 39.4 cm³/mol. The van der Waals surface area contributed by atoms with E-state index in [4.69, 9.17) is 5.21 Å². The van der Waals surface area contributed by atoms with Crippen LogP contribution in [-0.4, -0.2) is 35.8 Å². The van der Waals surface area contributed by atoms with Gasteiger partial charge in [0, 0.05) is 0 Å². The zero-order valence-electron chi connectivity index (χ0n) is 5.78. The van der Waals surface area contributed by atoms with Crippen LogP contribution in [0.5, 0.6) is 0 Å². The van der Waals surface area contributed by atoms with Crippen LogP contribution in [0.4, 0.5) is 4.79 Å². The van der Waals surface area contributed by atoms with Gasteiger partial charge in [-0.05, 0) is 12.2 Å². The molecule has 1 amide bonds. The first-order valence-electron chi connectivity index (χ1n) is 2.87. The SMILES string of the molecule is COC(=O)N(O)CCCS. The second kappa shape index (κ2) is 5.37. The smallest absolute Gasteiger partial charge is 0.433 e. The fourth-order valence-corrected chi connectivity index (χ4v) is 0.559. The number of amides is 1. The van der Waals surface area contributed by atoms with E-state index < -0.39 is 6.09 Å². The molecule has 0 heterocycles. The number of hydroxylamine groups is 2.